The predicted octanol–water partition coefficient (Wildman–Crippen LogP) is 2.49. The standard InChI is InChI=1S/C17H18Cl2N2O3/c1-17(19)8-11(10-5-3-2-4-6-10)7-12(18)14(17)15(22)21-13(9-20)16(23)24/h2-7,13H,8-9,20H2,1H3,(H,21,22)(H,23,24)/t13-,17?/m0/s1. The molecule has 7 heteroatoms. The minimum absolute atomic E-state index is 0.144. The monoisotopic (exact) mass is 368 g/mol. The van der Waals surface area contributed by atoms with E-state index in [0.29, 0.717) is 6.42 Å². The van der Waals surface area contributed by atoms with E-state index in [0.717, 1.165) is 11.1 Å². The number of nitrogens with one attached hydrogen (secondary N) is 1. The summed E-state index contributed by atoms with van der Waals surface area (Å²) in [5.74, 6) is -1.84. The largest absolute Gasteiger partial charge is 0.480 e. The zero-order chi connectivity index (χ0) is 17.9. The number of carboxylic acids is 1. The fourth-order valence-corrected chi connectivity index (χ4v) is 3.41. The number of hydrogen-bond acceptors (Lipinski definition) is 3. The topological polar surface area (TPSA) is 92.4 Å². The fraction of sp³-hybridized carbons (Fsp3) is 0.294. The molecule has 1 unspecified atom stereocenters. The third-order valence-electron chi connectivity index (χ3n) is 3.79. The summed E-state index contributed by atoms with van der Waals surface area (Å²) in [6.07, 6.45) is 2.08. The van der Waals surface area contributed by atoms with E-state index >= 15 is 0 Å². The Morgan fingerprint density at radius 2 is 2.00 bits per heavy atom. The van der Waals surface area contributed by atoms with Crippen LogP contribution in [0.2, 0.25) is 0 Å². The lowest BCUT2D eigenvalue weighted by atomic mass is 9.84. The van der Waals surface area contributed by atoms with Crippen molar-refractivity contribution in [1.29, 1.82) is 0 Å². The summed E-state index contributed by atoms with van der Waals surface area (Å²) in [4.78, 5) is 22.4. The van der Waals surface area contributed by atoms with Crippen LogP contribution in [0.4, 0.5) is 0 Å². The Hall–Kier alpha value is -1.82. The zero-order valence-corrected chi connectivity index (χ0v) is 14.6. The van der Waals surface area contributed by atoms with Crippen LogP contribution < -0.4 is 11.1 Å². The van der Waals surface area contributed by atoms with E-state index in [1.165, 1.54) is 0 Å². The molecule has 1 amide bonds. The van der Waals surface area contributed by atoms with Crippen molar-refractivity contribution in [2.24, 2.45) is 5.73 Å². The molecule has 1 aliphatic rings. The molecule has 0 saturated heterocycles. The molecule has 0 aliphatic heterocycles. The van der Waals surface area contributed by atoms with Crippen LogP contribution in [0.15, 0.2) is 47.0 Å². The molecule has 1 aliphatic carbocycles. The second-order valence-electron chi connectivity index (χ2n) is 5.73. The number of carbonyl (C=O) groups excluding carboxylic acids is 1. The Labute approximate surface area is 150 Å². The van der Waals surface area contributed by atoms with E-state index in [1.54, 1.807) is 13.0 Å². The molecular weight excluding hydrogens is 351 g/mol. The Morgan fingerprint density at radius 1 is 1.38 bits per heavy atom. The van der Waals surface area contributed by atoms with Crippen molar-refractivity contribution in [3.8, 4) is 0 Å². The number of allylic oxidation sites excluding steroid dienone is 3. The third kappa shape index (κ3) is 3.98. The molecule has 128 valence electrons. The molecule has 2 atom stereocenters. The quantitative estimate of drug-likeness (QED) is 0.696. The molecule has 0 fully saturated rings. The van der Waals surface area contributed by atoms with Gasteiger partial charge in [-0.05, 0) is 30.6 Å². The van der Waals surface area contributed by atoms with Gasteiger partial charge in [-0.25, -0.2) is 4.79 Å². The number of rotatable bonds is 5. The summed E-state index contributed by atoms with van der Waals surface area (Å²) in [6, 6.07) is 8.38. The first-order valence-electron chi connectivity index (χ1n) is 7.35. The lowest BCUT2D eigenvalue weighted by Gasteiger charge is -2.31. The highest BCUT2D eigenvalue weighted by molar-refractivity contribution is 6.38. The van der Waals surface area contributed by atoms with Gasteiger partial charge in [-0.1, -0.05) is 41.9 Å². The lowest BCUT2D eigenvalue weighted by molar-refractivity contribution is -0.141. The molecule has 0 radical (unpaired) electrons. The molecule has 1 aromatic rings. The SMILES string of the molecule is CC1(Cl)CC(c2ccccc2)=CC(Cl)=C1C(=O)N[C@@H](CN)C(=O)O. The van der Waals surface area contributed by atoms with Gasteiger partial charge in [0, 0.05) is 6.54 Å². The highest BCUT2D eigenvalue weighted by Gasteiger charge is 2.38. The summed E-state index contributed by atoms with van der Waals surface area (Å²) in [7, 11) is 0. The summed E-state index contributed by atoms with van der Waals surface area (Å²) >= 11 is 12.8. The van der Waals surface area contributed by atoms with Gasteiger partial charge in [0.25, 0.3) is 5.91 Å². The number of nitrogens with two attached hydrogens (primary N) is 1. The van der Waals surface area contributed by atoms with Gasteiger partial charge in [-0.15, -0.1) is 11.6 Å². The predicted molar refractivity (Wildman–Crippen MR) is 94.8 cm³/mol. The summed E-state index contributed by atoms with van der Waals surface area (Å²) in [6.45, 7) is 1.45. The van der Waals surface area contributed by atoms with E-state index < -0.39 is 22.8 Å². The van der Waals surface area contributed by atoms with Crippen molar-refractivity contribution in [3.63, 3.8) is 0 Å². The van der Waals surface area contributed by atoms with Crippen LogP contribution in [0.25, 0.3) is 5.57 Å². The second-order valence-corrected chi connectivity index (χ2v) is 6.97. The molecule has 5 nitrogen and oxygen atoms in total. The van der Waals surface area contributed by atoms with Crippen molar-refractivity contribution < 1.29 is 14.7 Å². The minimum Gasteiger partial charge on any atom is -0.480 e. The van der Waals surface area contributed by atoms with Crippen LogP contribution in [0, 0.1) is 0 Å². The van der Waals surface area contributed by atoms with Crippen LogP contribution in [0.3, 0.4) is 0 Å². The first kappa shape index (κ1) is 18.5. The molecule has 0 spiro atoms. The molecule has 0 bridgehead atoms. The van der Waals surface area contributed by atoms with Crippen LogP contribution in [-0.4, -0.2) is 34.4 Å². The molecular formula is C17H18Cl2N2O3. The van der Waals surface area contributed by atoms with Crippen LogP contribution in [0.5, 0.6) is 0 Å². The van der Waals surface area contributed by atoms with E-state index in [1.807, 2.05) is 30.3 Å². The van der Waals surface area contributed by atoms with E-state index in [9.17, 15) is 9.59 Å². The van der Waals surface area contributed by atoms with E-state index in [-0.39, 0.29) is 17.2 Å². The van der Waals surface area contributed by atoms with Crippen molar-refractivity contribution >= 4 is 40.7 Å². The first-order chi connectivity index (χ1) is 11.3. The van der Waals surface area contributed by atoms with E-state index in [2.05, 4.69) is 5.32 Å². The molecule has 0 aromatic heterocycles. The van der Waals surface area contributed by atoms with E-state index in [4.69, 9.17) is 34.0 Å². The molecule has 4 N–H and O–H groups in total. The number of carbonyl (C=O) groups is 2. The van der Waals surface area contributed by atoms with Crippen molar-refractivity contribution in [2.45, 2.75) is 24.3 Å². The lowest BCUT2D eigenvalue weighted by Crippen LogP contribution is -2.48. The number of benzene rings is 1. The second kappa shape index (κ2) is 7.38. The molecule has 2 rings (SSSR count). The normalized spacial score (nSPS) is 21.9. The third-order valence-corrected chi connectivity index (χ3v) is 4.41. The van der Waals surface area contributed by atoms with Crippen molar-refractivity contribution in [2.75, 3.05) is 6.54 Å². The summed E-state index contributed by atoms with van der Waals surface area (Å²) in [5, 5.41) is 11.6. The Balaban J connectivity index is 2.36. The van der Waals surface area contributed by atoms with Crippen LogP contribution in [-0.2, 0) is 9.59 Å². The Bertz CT molecular complexity index is 712. The molecule has 0 saturated carbocycles. The maximum atomic E-state index is 12.5. The zero-order valence-electron chi connectivity index (χ0n) is 13.1. The molecule has 0 heterocycles. The molecule has 24 heavy (non-hydrogen) atoms. The highest BCUT2D eigenvalue weighted by atomic mass is 35.5. The minimum atomic E-state index is -1.21. The Kier molecular flexibility index (Phi) is 5.70. The van der Waals surface area contributed by atoms with Gasteiger partial charge in [0.15, 0.2) is 0 Å². The van der Waals surface area contributed by atoms with Gasteiger partial charge in [-0.3, -0.25) is 4.79 Å². The van der Waals surface area contributed by atoms with Crippen LogP contribution >= 0.6 is 23.2 Å². The first-order valence-corrected chi connectivity index (χ1v) is 8.10. The summed E-state index contributed by atoms with van der Waals surface area (Å²) < 4.78 is 0. The Morgan fingerprint density at radius 3 is 2.50 bits per heavy atom. The van der Waals surface area contributed by atoms with Gasteiger partial charge in [0.2, 0.25) is 0 Å². The molecule has 1 aromatic carbocycles. The van der Waals surface area contributed by atoms with Gasteiger partial charge < -0.3 is 16.2 Å². The van der Waals surface area contributed by atoms with Crippen molar-refractivity contribution in [3.05, 3.63) is 52.6 Å². The maximum Gasteiger partial charge on any atom is 0.327 e. The van der Waals surface area contributed by atoms with Crippen molar-refractivity contribution in [1.82, 2.24) is 5.32 Å². The number of halogens is 2. The maximum absolute atomic E-state index is 12.5. The van der Waals surface area contributed by atoms with Gasteiger partial charge in [0.05, 0.1) is 15.5 Å². The fourth-order valence-electron chi connectivity index (χ4n) is 2.61. The smallest absolute Gasteiger partial charge is 0.327 e. The highest BCUT2D eigenvalue weighted by Crippen LogP contribution is 2.42. The number of amides is 1. The number of aliphatic carboxylic acids is 1. The summed E-state index contributed by atoms with van der Waals surface area (Å²) in [5.41, 5.74) is 7.38. The number of hydrogen-bond donors (Lipinski definition) is 3. The average molecular weight is 369 g/mol. The average Bonchev–Trinajstić information content (AvgIpc) is 2.51. The number of carboxylic acid groups (broad SMARTS) is 1. The van der Waals surface area contributed by atoms with Crippen LogP contribution in [0.1, 0.15) is 18.9 Å². The number of alkyl halides is 1. The van der Waals surface area contributed by atoms with Gasteiger partial charge >= 0.3 is 5.97 Å². The van der Waals surface area contributed by atoms with Gasteiger partial charge in [-0.2, -0.15) is 0 Å². The van der Waals surface area contributed by atoms with Gasteiger partial charge in [0.1, 0.15) is 6.04 Å².